The maximum Gasteiger partial charge on any atom is 0.339 e. The smallest absolute Gasteiger partial charge is 0.339 e. The van der Waals surface area contributed by atoms with Gasteiger partial charge in [0.15, 0.2) is 0 Å². The third-order valence-corrected chi connectivity index (χ3v) is 6.42. The van der Waals surface area contributed by atoms with Crippen molar-refractivity contribution in [2.45, 2.75) is 50.2 Å². The van der Waals surface area contributed by atoms with Crippen molar-refractivity contribution >= 4 is 23.6 Å². The minimum Gasteiger partial charge on any atom is -0.478 e. The fraction of sp³-hybridized carbons (Fsp3) is 0.611. The summed E-state index contributed by atoms with van der Waals surface area (Å²) in [5.41, 5.74) is 1.85. The highest BCUT2D eigenvalue weighted by molar-refractivity contribution is 5.99. The van der Waals surface area contributed by atoms with Gasteiger partial charge in [0.25, 0.3) is 0 Å². The molecule has 1 aromatic heterocycles. The minimum atomic E-state index is -0.975. The molecule has 6 rings (SSSR count). The van der Waals surface area contributed by atoms with Gasteiger partial charge in [0.1, 0.15) is 11.3 Å². The number of anilines is 1. The zero-order valence-electron chi connectivity index (χ0n) is 13.4. The number of fused-ring (bicyclic) bond motifs is 1. The Labute approximate surface area is 140 Å². The van der Waals surface area contributed by atoms with Crippen molar-refractivity contribution in [3.8, 4) is 0 Å². The number of nitrogens with one attached hydrogen (secondary N) is 1. The van der Waals surface area contributed by atoms with E-state index in [1.165, 1.54) is 6.20 Å². The maximum atomic E-state index is 11.6. The van der Waals surface area contributed by atoms with Crippen LogP contribution in [0.3, 0.4) is 0 Å². The SMILES string of the molecule is O=C(O)c1cnc2c(c1NC1[C@@H]3CC4C[C@H]1CC(O)(C4)C3)N=CC2. The lowest BCUT2D eigenvalue weighted by atomic mass is 9.52. The molecule has 6 heteroatoms. The number of aromatic carboxylic acids is 1. The van der Waals surface area contributed by atoms with Gasteiger partial charge in [0.2, 0.25) is 0 Å². The van der Waals surface area contributed by atoms with E-state index < -0.39 is 11.6 Å². The monoisotopic (exact) mass is 327 g/mol. The van der Waals surface area contributed by atoms with Gasteiger partial charge in [-0.3, -0.25) is 9.98 Å². The summed E-state index contributed by atoms with van der Waals surface area (Å²) in [6.07, 6.45) is 8.76. The summed E-state index contributed by atoms with van der Waals surface area (Å²) < 4.78 is 0. The number of rotatable bonds is 3. The second-order valence-corrected chi connectivity index (χ2v) is 8.03. The standard InChI is InChI=1S/C18H21N3O3/c22-17(23)12-8-20-13-1-2-19-16(13)15(12)21-14-10-3-9-4-11(14)7-18(24,5-9)6-10/h2,8-11,14,24H,1,3-7H2,(H,20,21)(H,22,23)/t9?,10-,11+,14?,18?. The first-order valence-electron chi connectivity index (χ1n) is 8.79. The summed E-state index contributed by atoms with van der Waals surface area (Å²) in [4.78, 5) is 20.3. The van der Waals surface area contributed by atoms with Crippen molar-refractivity contribution in [3.63, 3.8) is 0 Å². The molecule has 6 nitrogen and oxygen atoms in total. The van der Waals surface area contributed by atoms with Crippen molar-refractivity contribution in [1.29, 1.82) is 0 Å². The number of nitrogens with zero attached hydrogens (tertiary/aromatic N) is 2. The number of aromatic nitrogens is 1. The van der Waals surface area contributed by atoms with Crippen LogP contribution in [0.15, 0.2) is 11.2 Å². The molecule has 0 spiro atoms. The minimum absolute atomic E-state index is 0.195. The summed E-state index contributed by atoms with van der Waals surface area (Å²) in [7, 11) is 0. The van der Waals surface area contributed by atoms with Gasteiger partial charge in [-0.05, 0) is 49.9 Å². The number of carboxylic acid groups (broad SMARTS) is 1. The van der Waals surface area contributed by atoms with Gasteiger partial charge in [-0.15, -0.1) is 0 Å². The summed E-state index contributed by atoms with van der Waals surface area (Å²) >= 11 is 0. The van der Waals surface area contributed by atoms with E-state index in [4.69, 9.17) is 0 Å². The van der Waals surface area contributed by atoms with E-state index in [-0.39, 0.29) is 11.6 Å². The molecular weight excluding hydrogens is 306 g/mol. The summed E-state index contributed by atoms with van der Waals surface area (Å²) in [6, 6.07) is 0.224. The lowest BCUT2D eigenvalue weighted by molar-refractivity contribution is -0.129. The van der Waals surface area contributed by atoms with Crippen LogP contribution < -0.4 is 5.32 Å². The zero-order chi connectivity index (χ0) is 16.5. The summed E-state index contributed by atoms with van der Waals surface area (Å²) in [6.45, 7) is 0. The van der Waals surface area contributed by atoms with Crippen molar-refractivity contribution in [3.05, 3.63) is 17.5 Å². The molecule has 0 amide bonds. The van der Waals surface area contributed by atoms with Gasteiger partial charge in [-0.1, -0.05) is 0 Å². The number of hydrogen-bond acceptors (Lipinski definition) is 5. The molecule has 4 aliphatic carbocycles. The Morgan fingerprint density at radius 3 is 2.67 bits per heavy atom. The van der Waals surface area contributed by atoms with E-state index in [0.29, 0.717) is 35.5 Å². The van der Waals surface area contributed by atoms with E-state index in [2.05, 4.69) is 15.3 Å². The van der Waals surface area contributed by atoms with Gasteiger partial charge in [-0.2, -0.15) is 0 Å². The van der Waals surface area contributed by atoms with Crippen LogP contribution in [0.25, 0.3) is 0 Å². The van der Waals surface area contributed by atoms with Gasteiger partial charge in [0, 0.05) is 24.9 Å². The first-order chi connectivity index (χ1) is 11.5. The van der Waals surface area contributed by atoms with Crippen LogP contribution in [-0.4, -0.2) is 39.0 Å². The molecule has 1 aliphatic heterocycles. The molecule has 3 unspecified atom stereocenters. The zero-order valence-corrected chi connectivity index (χ0v) is 13.4. The number of aliphatic hydroxyl groups is 1. The Morgan fingerprint density at radius 1 is 1.25 bits per heavy atom. The Kier molecular flexibility index (Phi) is 2.87. The van der Waals surface area contributed by atoms with Crippen molar-refractivity contribution in [1.82, 2.24) is 4.98 Å². The van der Waals surface area contributed by atoms with E-state index in [1.54, 1.807) is 6.21 Å². The van der Waals surface area contributed by atoms with Gasteiger partial charge in [0.05, 0.1) is 17.0 Å². The number of carbonyl (C=O) groups is 1. The lowest BCUT2D eigenvalue weighted by Gasteiger charge is -2.58. The van der Waals surface area contributed by atoms with Crippen LogP contribution >= 0.6 is 0 Å². The average molecular weight is 327 g/mol. The summed E-state index contributed by atoms with van der Waals surface area (Å²) in [5, 5.41) is 23.8. The molecule has 24 heavy (non-hydrogen) atoms. The highest BCUT2D eigenvalue weighted by Gasteiger charge is 2.54. The van der Waals surface area contributed by atoms with Crippen molar-refractivity contribution in [2.75, 3.05) is 5.32 Å². The first kappa shape index (κ1) is 14.4. The Morgan fingerprint density at radius 2 is 2.00 bits per heavy atom. The van der Waals surface area contributed by atoms with E-state index in [9.17, 15) is 15.0 Å². The van der Waals surface area contributed by atoms with Crippen LogP contribution in [0, 0.1) is 17.8 Å². The predicted molar refractivity (Wildman–Crippen MR) is 89.0 cm³/mol. The predicted octanol–water partition coefficient (Wildman–Crippen LogP) is 2.39. The van der Waals surface area contributed by atoms with Gasteiger partial charge < -0.3 is 15.5 Å². The number of carboxylic acids is 1. The maximum absolute atomic E-state index is 11.6. The van der Waals surface area contributed by atoms with Crippen LogP contribution in [-0.2, 0) is 6.42 Å². The second kappa shape index (κ2) is 4.79. The van der Waals surface area contributed by atoms with Gasteiger partial charge >= 0.3 is 5.97 Å². The highest BCUT2D eigenvalue weighted by Crippen LogP contribution is 2.56. The fourth-order valence-corrected chi connectivity index (χ4v) is 5.74. The molecule has 5 atom stereocenters. The number of pyridine rings is 1. The van der Waals surface area contributed by atoms with Crippen LogP contribution in [0.2, 0.25) is 0 Å². The van der Waals surface area contributed by atoms with Crippen molar-refractivity contribution < 1.29 is 15.0 Å². The van der Waals surface area contributed by atoms with E-state index in [0.717, 1.165) is 37.8 Å². The normalized spacial score (nSPS) is 38.4. The highest BCUT2D eigenvalue weighted by atomic mass is 16.4. The van der Waals surface area contributed by atoms with Crippen molar-refractivity contribution in [2.24, 2.45) is 22.7 Å². The molecule has 0 aromatic carbocycles. The Balaban J connectivity index is 1.52. The molecule has 1 aromatic rings. The van der Waals surface area contributed by atoms with Crippen LogP contribution in [0.1, 0.15) is 48.2 Å². The Bertz CT molecular complexity index is 744. The average Bonchev–Trinajstić information content (AvgIpc) is 2.97. The molecule has 4 saturated carbocycles. The number of hydrogen-bond donors (Lipinski definition) is 3. The third kappa shape index (κ3) is 2.02. The molecule has 0 radical (unpaired) electrons. The van der Waals surface area contributed by atoms with Gasteiger partial charge in [-0.25, -0.2) is 4.79 Å². The topological polar surface area (TPSA) is 94.8 Å². The van der Waals surface area contributed by atoms with E-state index in [1.807, 2.05) is 0 Å². The second-order valence-electron chi connectivity index (χ2n) is 8.03. The molecule has 0 saturated heterocycles. The molecular formula is C18H21N3O3. The number of aliphatic imine (C=N–C) groups is 1. The van der Waals surface area contributed by atoms with Crippen LogP contribution in [0.4, 0.5) is 11.4 Å². The molecule has 2 heterocycles. The molecule has 4 bridgehead atoms. The fourth-order valence-electron chi connectivity index (χ4n) is 5.74. The Hall–Kier alpha value is -1.95. The molecule has 3 N–H and O–H groups in total. The van der Waals surface area contributed by atoms with Crippen LogP contribution in [0.5, 0.6) is 0 Å². The largest absolute Gasteiger partial charge is 0.478 e. The molecule has 5 aliphatic rings. The molecule has 126 valence electrons. The molecule has 4 fully saturated rings. The van der Waals surface area contributed by atoms with E-state index >= 15 is 0 Å². The first-order valence-corrected chi connectivity index (χ1v) is 8.79. The quantitative estimate of drug-likeness (QED) is 0.792. The lowest BCUT2D eigenvalue weighted by Crippen LogP contribution is -2.59. The third-order valence-electron chi connectivity index (χ3n) is 6.42. The summed E-state index contributed by atoms with van der Waals surface area (Å²) in [5.74, 6) is 0.484.